The summed E-state index contributed by atoms with van der Waals surface area (Å²) in [6.45, 7) is 0. The number of fused-ring (bicyclic) bond motifs is 16. The molecule has 0 aliphatic rings. The number of hydrogen-bond acceptors (Lipinski definition) is 4. The smallest absolute Gasteiger partial charge is 0.160 e. The number of nitriles is 2. The van der Waals surface area contributed by atoms with E-state index in [0.717, 1.165) is 108 Å². The molecule has 69 heavy (non-hydrogen) atoms. The zero-order chi connectivity index (χ0) is 45.5. The van der Waals surface area contributed by atoms with Crippen molar-refractivity contribution in [2.75, 3.05) is 0 Å². The van der Waals surface area contributed by atoms with Gasteiger partial charge in [0.05, 0.1) is 50.2 Å². The number of rotatable bonds is 4. The van der Waals surface area contributed by atoms with Crippen LogP contribution in [0.25, 0.3) is 136 Å². The van der Waals surface area contributed by atoms with Crippen LogP contribution in [-0.4, -0.2) is 13.7 Å². The standard InChI is InChI=1S/C62H33N5OS/c63-34-47-58(67-53-26-12-5-19-41(53)44-30-31-45-42-20-6-13-27-54(42)68-62(45)61(44)67)48(35-64)60(66-51-24-10-3-17-39(51)40-18-4-11-25-52(40)66)57(36-29-32-56-46(33-36)43-21-7-14-28-55(43)69-56)59(47)65-49-22-8-1-15-37(49)38-16-2-9-23-50(38)65/h1-33H. The van der Waals surface area contributed by atoms with Crippen molar-refractivity contribution in [2.24, 2.45) is 0 Å². The minimum absolute atomic E-state index is 0.364. The van der Waals surface area contributed by atoms with E-state index in [4.69, 9.17) is 4.42 Å². The molecule has 6 nitrogen and oxygen atoms in total. The summed E-state index contributed by atoms with van der Waals surface area (Å²) in [5.41, 5.74) is 11.1. The fraction of sp³-hybridized carbons (Fsp3) is 0. The molecule has 0 aliphatic carbocycles. The Labute approximate surface area is 397 Å². The molecule has 5 aromatic heterocycles. The van der Waals surface area contributed by atoms with E-state index in [0.29, 0.717) is 33.8 Å². The van der Waals surface area contributed by atoms with Crippen LogP contribution in [0.4, 0.5) is 0 Å². The van der Waals surface area contributed by atoms with Gasteiger partial charge >= 0.3 is 0 Å². The second-order valence-electron chi connectivity index (χ2n) is 17.7. The number of thiophene rings is 1. The maximum absolute atomic E-state index is 12.3. The Morgan fingerprint density at radius 2 is 0.797 bits per heavy atom. The van der Waals surface area contributed by atoms with Gasteiger partial charge < -0.3 is 18.1 Å². The normalized spacial score (nSPS) is 12.0. The molecule has 0 unspecified atom stereocenters. The topological polar surface area (TPSA) is 75.5 Å². The van der Waals surface area contributed by atoms with Crippen LogP contribution in [0.5, 0.6) is 0 Å². The van der Waals surface area contributed by atoms with Crippen molar-refractivity contribution < 1.29 is 4.42 Å². The molecule has 15 aromatic rings. The second-order valence-corrected chi connectivity index (χ2v) is 18.8. The van der Waals surface area contributed by atoms with Crippen LogP contribution < -0.4 is 0 Å². The first kappa shape index (κ1) is 37.8. The van der Waals surface area contributed by atoms with E-state index in [1.165, 1.54) is 4.70 Å². The third kappa shape index (κ3) is 5.01. The van der Waals surface area contributed by atoms with Gasteiger partial charge in [0.2, 0.25) is 0 Å². The zero-order valence-corrected chi connectivity index (χ0v) is 37.4. The van der Waals surface area contributed by atoms with E-state index in [1.54, 1.807) is 11.3 Å². The number of para-hydroxylation sites is 6. The monoisotopic (exact) mass is 895 g/mol. The lowest BCUT2D eigenvalue weighted by atomic mass is 9.91. The molecule has 7 heteroatoms. The van der Waals surface area contributed by atoms with Gasteiger partial charge in [0.1, 0.15) is 28.8 Å². The quantitative estimate of drug-likeness (QED) is 0.177. The molecule has 0 saturated heterocycles. The largest absolute Gasteiger partial charge is 0.454 e. The van der Waals surface area contributed by atoms with Gasteiger partial charge in [0, 0.05) is 68.8 Å². The average Bonchev–Trinajstić information content (AvgIpc) is 4.21. The van der Waals surface area contributed by atoms with Crippen LogP contribution in [0.1, 0.15) is 11.1 Å². The number of hydrogen-bond donors (Lipinski definition) is 0. The third-order valence-corrected chi connectivity index (χ3v) is 15.5. The molecule has 15 rings (SSSR count). The van der Waals surface area contributed by atoms with Gasteiger partial charge in [-0.25, -0.2) is 0 Å². The van der Waals surface area contributed by atoms with E-state index in [-0.39, 0.29) is 0 Å². The summed E-state index contributed by atoms with van der Waals surface area (Å²) in [5, 5.41) is 35.1. The summed E-state index contributed by atoms with van der Waals surface area (Å²) >= 11 is 1.77. The van der Waals surface area contributed by atoms with Crippen molar-refractivity contribution in [3.05, 3.63) is 211 Å². The molecule has 10 aromatic carbocycles. The molecule has 0 aliphatic heterocycles. The first-order valence-corrected chi connectivity index (χ1v) is 23.8. The van der Waals surface area contributed by atoms with Crippen LogP contribution in [0, 0.1) is 22.7 Å². The Kier molecular flexibility index (Phi) is 7.70. The molecular weight excluding hydrogens is 863 g/mol. The molecule has 0 atom stereocenters. The summed E-state index contributed by atoms with van der Waals surface area (Å²) in [6, 6.07) is 75.4. The molecule has 0 bridgehead atoms. The van der Waals surface area contributed by atoms with Gasteiger partial charge in [-0.05, 0) is 66.2 Å². The first-order chi connectivity index (χ1) is 34.2. The molecule has 0 amide bonds. The Hall–Kier alpha value is -9.40. The molecule has 318 valence electrons. The summed E-state index contributed by atoms with van der Waals surface area (Å²) in [6.07, 6.45) is 0. The third-order valence-electron chi connectivity index (χ3n) is 14.3. The highest BCUT2D eigenvalue weighted by Gasteiger charge is 2.34. The molecule has 0 radical (unpaired) electrons. The lowest BCUT2D eigenvalue weighted by molar-refractivity contribution is 0.671. The highest BCUT2D eigenvalue weighted by Crippen LogP contribution is 2.51. The highest BCUT2D eigenvalue weighted by molar-refractivity contribution is 7.25. The Morgan fingerprint density at radius 3 is 1.35 bits per heavy atom. The van der Waals surface area contributed by atoms with Crippen molar-refractivity contribution in [3.63, 3.8) is 0 Å². The highest BCUT2D eigenvalue weighted by atomic mass is 32.1. The average molecular weight is 896 g/mol. The molecule has 0 spiro atoms. The Balaban J connectivity index is 1.26. The first-order valence-electron chi connectivity index (χ1n) is 23.0. The summed E-state index contributed by atoms with van der Waals surface area (Å²) in [4.78, 5) is 0. The van der Waals surface area contributed by atoms with Gasteiger partial charge in [-0.1, -0.05) is 140 Å². The van der Waals surface area contributed by atoms with E-state index in [2.05, 4.69) is 196 Å². The fourth-order valence-electron chi connectivity index (χ4n) is 11.5. The predicted molar refractivity (Wildman–Crippen MR) is 284 cm³/mol. The lowest BCUT2D eigenvalue weighted by Gasteiger charge is -2.26. The minimum Gasteiger partial charge on any atom is -0.454 e. The molecule has 0 saturated carbocycles. The van der Waals surface area contributed by atoms with E-state index in [9.17, 15) is 10.5 Å². The zero-order valence-electron chi connectivity index (χ0n) is 36.6. The maximum Gasteiger partial charge on any atom is 0.160 e. The van der Waals surface area contributed by atoms with Crippen molar-refractivity contribution in [1.82, 2.24) is 13.7 Å². The van der Waals surface area contributed by atoms with E-state index < -0.39 is 0 Å². The van der Waals surface area contributed by atoms with Gasteiger partial charge in [-0.2, -0.15) is 10.5 Å². The van der Waals surface area contributed by atoms with E-state index in [1.807, 2.05) is 30.3 Å². The summed E-state index contributed by atoms with van der Waals surface area (Å²) in [5.74, 6) is 0. The SMILES string of the molecule is N#Cc1c(-n2c3ccccc3c3ccccc32)c(-c2ccc3sc4ccccc4c3c2)c(-n2c3ccccc3c3ccccc32)c(C#N)c1-n1c2ccccc2c2ccc3c4ccccc4oc3c21. The maximum atomic E-state index is 12.3. The molecule has 0 fully saturated rings. The van der Waals surface area contributed by atoms with Crippen molar-refractivity contribution in [1.29, 1.82) is 10.5 Å². The van der Waals surface area contributed by atoms with Crippen LogP contribution in [0.2, 0.25) is 0 Å². The van der Waals surface area contributed by atoms with Crippen LogP contribution in [-0.2, 0) is 0 Å². The van der Waals surface area contributed by atoms with Crippen LogP contribution in [0.15, 0.2) is 205 Å². The van der Waals surface area contributed by atoms with Crippen LogP contribution >= 0.6 is 11.3 Å². The van der Waals surface area contributed by atoms with Crippen LogP contribution in [0.3, 0.4) is 0 Å². The molecule has 5 heterocycles. The van der Waals surface area contributed by atoms with Crippen molar-refractivity contribution >= 4 is 119 Å². The van der Waals surface area contributed by atoms with Crippen molar-refractivity contribution in [3.8, 4) is 40.3 Å². The van der Waals surface area contributed by atoms with Crippen molar-refractivity contribution in [2.45, 2.75) is 0 Å². The number of benzene rings is 10. The van der Waals surface area contributed by atoms with Gasteiger partial charge in [0.25, 0.3) is 0 Å². The van der Waals surface area contributed by atoms with E-state index >= 15 is 0 Å². The predicted octanol–water partition coefficient (Wildman–Crippen LogP) is 16.7. The van der Waals surface area contributed by atoms with Gasteiger partial charge in [-0.3, -0.25) is 0 Å². The summed E-state index contributed by atoms with van der Waals surface area (Å²) in [7, 11) is 0. The summed E-state index contributed by atoms with van der Waals surface area (Å²) < 4.78 is 16.0. The second kappa shape index (κ2) is 14.1. The number of aromatic nitrogens is 3. The van der Waals surface area contributed by atoms with Gasteiger partial charge in [0.15, 0.2) is 5.58 Å². The number of furan rings is 1. The Bertz CT molecular complexity index is 4570. The lowest BCUT2D eigenvalue weighted by Crippen LogP contribution is -2.14. The van der Waals surface area contributed by atoms with Gasteiger partial charge in [-0.15, -0.1) is 11.3 Å². The molecule has 0 N–H and O–H groups in total. The fourth-order valence-corrected chi connectivity index (χ4v) is 12.6. The number of nitrogens with zero attached hydrogens (tertiary/aromatic N) is 5. The Morgan fingerprint density at radius 1 is 0.362 bits per heavy atom. The minimum atomic E-state index is 0.364. The molecular formula is C62H33N5OS.